The van der Waals surface area contributed by atoms with Crippen molar-refractivity contribution in [3.05, 3.63) is 45.9 Å². The lowest BCUT2D eigenvalue weighted by atomic mass is 10.2. The van der Waals surface area contributed by atoms with E-state index in [0.717, 1.165) is 37.4 Å². The van der Waals surface area contributed by atoms with Crippen LogP contribution in [0.4, 0.5) is 5.69 Å². The molecule has 1 aromatic carbocycles. The third-order valence-corrected chi connectivity index (χ3v) is 4.68. The topological polar surface area (TPSA) is 114 Å². The summed E-state index contributed by atoms with van der Waals surface area (Å²) < 4.78 is 5.23. The minimum absolute atomic E-state index is 0.0647. The molecule has 9 heteroatoms. The lowest BCUT2D eigenvalue weighted by Gasteiger charge is -2.07. The second-order valence-electron chi connectivity index (χ2n) is 6.16. The molecule has 0 aliphatic rings. The molecule has 1 aromatic heterocycles. The minimum atomic E-state index is -0.369. The molecule has 0 radical (unpaired) electrons. The fourth-order valence-electron chi connectivity index (χ4n) is 2.24. The summed E-state index contributed by atoms with van der Waals surface area (Å²) in [4.78, 5) is 38.0. The van der Waals surface area contributed by atoms with Gasteiger partial charge in [0.2, 0.25) is 5.91 Å². The van der Waals surface area contributed by atoms with E-state index >= 15 is 0 Å². The van der Waals surface area contributed by atoms with Gasteiger partial charge in [0.25, 0.3) is 5.56 Å². The molecule has 0 saturated carbocycles. The zero-order valence-electron chi connectivity index (χ0n) is 16.0. The average Bonchev–Trinajstić information content (AvgIpc) is 2.69. The van der Waals surface area contributed by atoms with Gasteiger partial charge in [-0.2, -0.15) is 0 Å². The van der Waals surface area contributed by atoms with E-state index in [1.165, 1.54) is 0 Å². The number of benzene rings is 1. The number of aromatic amines is 1. The van der Waals surface area contributed by atoms with Crippen molar-refractivity contribution in [2.75, 3.05) is 17.7 Å². The lowest BCUT2D eigenvalue weighted by molar-refractivity contribution is -0.113. The molecular weight excluding hydrogens is 380 g/mol. The molecule has 0 atom stereocenters. The van der Waals surface area contributed by atoms with Crippen molar-refractivity contribution in [2.24, 2.45) is 0 Å². The summed E-state index contributed by atoms with van der Waals surface area (Å²) in [5.41, 5.74) is 0.947. The van der Waals surface area contributed by atoms with Crippen LogP contribution in [0.5, 0.6) is 0 Å². The van der Waals surface area contributed by atoms with Gasteiger partial charge in [-0.3, -0.25) is 14.6 Å². The summed E-state index contributed by atoms with van der Waals surface area (Å²) in [5.74, 6) is -0.568. The number of aryl methyl sites for hydroxylation is 1. The fourth-order valence-corrected chi connectivity index (χ4v) is 2.84. The number of nitrogens with one attached hydrogen (secondary N) is 2. The molecule has 0 aliphatic heterocycles. The van der Waals surface area contributed by atoms with Gasteiger partial charge in [0.15, 0.2) is 5.16 Å². The van der Waals surface area contributed by atoms with Crippen LogP contribution < -0.4 is 10.9 Å². The van der Waals surface area contributed by atoms with Crippen LogP contribution in [-0.4, -0.2) is 39.4 Å². The average molecular weight is 404 g/mol. The summed E-state index contributed by atoms with van der Waals surface area (Å²) in [7, 11) is 0. The molecule has 1 amide bonds. The first kappa shape index (κ1) is 21.6. The highest BCUT2D eigenvalue weighted by Crippen LogP contribution is 2.14. The monoisotopic (exact) mass is 404 g/mol. The predicted molar refractivity (Wildman–Crippen MR) is 108 cm³/mol. The van der Waals surface area contributed by atoms with Crippen LogP contribution >= 0.6 is 11.8 Å². The van der Waals surface area contributed by atoms with Gasteiger partial charge in [0.1, 0.15) is 5.69 Å². The number of carbonyl (C=O) groups is 2. The SMILES string of the molecule is CCCCCCOC(=O)c1ccc(NC(=O)CSc2nnc(C)c(=O)[nH]2)cc1. The number of carbonyl (C=O) groups excluding carboxylic acids is 2. The molecule has 0 fully saturated rings. The van der Waals surface area contributed by atoms with Crippen molar-refractivity contribution in [1.29, 1.82) is 0 Å². The third kappa shape index (κ3) is 7.15. The summed E-state index contributed by atoms with van der Waals surface area (Å²) in [6.07, 6.45) is 4.18. The number of hydrogen-bond donors (Lipinski definition) is 2. The Morgan fingerprint density at radius 3 is 2.57 bits per heavy atom. The van der Waals surface area contributed by atoms with Crippen LogP contribution in [0.2, 0.25) is 0 Å². The summed E-state index contributed by atoms with van der Waals surface area (Å²) in [5, 5.41) is 10.5. The van der Waals surface area contributed by atoms with E-state index in [-0.39, 0.29) is 34.0 Å². The summed E-state index contributed by atoms with van der Waals surface area (Å²) in [6.45, 7) is 4.10. The number of ether oxygens (including phenoxy) is 1. The fraction of sp³-hybridized carbons (Fsp3) is 0.421. The molecule has 0 bridgehead atoms. The van der Waals surface area contributed by atoms with Gasteiger partial charge in [0.05, 0.1) is 17.9 Å². The van der Waals surface area contributed by atoms with Crippen LogP contribution in [0.25, 0.3) is 0 Å². The molecule has 0 aliphatic carbocycles. The number of esters is 1. The van der Waals surface area contributed by atoms with Crippen LogP contribution in [0.15, 0.2) is 34.2 Å². The number of hydrogen-bond acceptors (Lipinski definition) is 7. The van der Waals surface area contributed by atoms with E-state index in [1.54, 1.807) is 31.2 Å². The van der Waals surface area contributed by atoms with Gasteiger partial charge < -0.3 is 10.1 Å². The first-order valence-electron chi connectivity index (χ1n) is 9.13. The Morgan fingerprint density at radius 2 is 1.89 bits per heavy atom. The molecular formula is C19H24N4O4S. The standard InChI is InChI=1S/C19H24N4O4S/c1-3-4-5-6-11-27-18(26)14-7-9-15(10-8-14)20-16(24)12-28-19-21-17(25)13(2)22-23-19/h7-10H,3-6,11-12H2,1-2H3,(H,20,24)(H,21,23,25). The van der Waals surface area contributed by atoms with Crippen molar-refractivity contribution in [3.63, 3.8) is 0 Å². The van der Waals surface area contributed by atoms with E-state index in [4.69, 9.17) is 4.74 Å². The number of anilines is 1. The smallest absolute Gasteiger partial charge is 0.338 e. The first-order valence-corrected chi connectivity index (χ1v) is 10.1. The third-order valence-electron chi connectivity index (χ3n) is 3.82. The molecule has 2 rings (SSSR count). The number of amides is 1. The van der Waals surface area contributed by atoms with Gasteiger partial charge in [-0.1, -0.05) is 37.9 Å². The first-order chi connectivity index (χ1) is 13.5. The molecule has 8 nitrogen and oxygen atoms in total. The molecule has 1 heterocycles. The highest BCUT2D eigenvalue weighted by Gasteiger charge is 2.09. The molecule has 2 aromatic rings. The zero-order chi connectivity index (χ0) is 20.4. The van der Waals surface area contributed by atoms with E-state index in [9.17, 15) is 14.4 Å². The van der Waals surface area contributed by atoms with Crippen LogP contribution in [0.1, 0.15) is 48.7 Å². The number of nitrogens with zero attached hydrogens (tertiary/aromatic N) is 2. The maximum Gasteiger partial charge on any atom is 0.338 e. The molecule has 2 N–H and O–H groups in total. The Morgan fingerprint density at radius 1 is 1.14 bits per heavy atom. The number of unbranched alkanes of at least 4 members (excludes halogenated alkanes) is 3. The number of aromatic nitrogens is 3. The normalized spacial score (nSPS) is 10.5. The van der Waals surface area contributed by atoms with Gasteiger partial charge >= 0.3 is 5.97 Å². The van der Waals surface area contributed by atoms with Crippen LogP contribution in [0.3, 0.4) is 0 Å². The van der Waals surface area contributed by atoms with Crippen LogP contribution in [-0.2, 0) is 9.53 Å². The molecule has 150 valence electrons. The number of thioether (sulfide) groups is 1. The number of H-pyrrole nitrogens is 1. The van der Waals surface area contributed by atoms with E-state index < -0.39 is 0 Å². The zero-order valence-corrected chi connectivity index (χ0v) is 16.8. The van der Waals surface area contributed by atoms with Crippen molar-refractivity contribution in [3.8, 4) is 0 Å². The summed E-state index contributed by atoms with van der Waals surface area (Å²) >= 11 is 1.08. The van der Waals surface area contributed by atoms with E-state index in [1.807, 2.05) is 0 Å². The van der Waals surface area contributed by atoms with Gasteiger partial charge in [0, 0.05) is 5.69 Å². The van der Waals surface area contributed by atoms with Gasteiger partial charge in [-0.15, -0.1) is 10.2 Å². The van der Waals surface area contributed by atoms with Crippen molar-refractivity contribution < 1.29 is 14.3 Å². The minimum Gasteiger partial charge on any atom is -0.462 e. The number of rotatable bonds is 10. The Labute approximate surface area is 167 Å². The maximum atomic E-state index is 12.0. The Balaban J connectivity index is 1.77. The second kappa shape index (κ2) is 11.2. The van der Waals surface area contributed by atoms with Gasteiger partial charge in [-0.25, -0.2) is 4.79 Å². The molecule has 0 saturated heterocycles. The predicted octanol–water partition coefficient (Wildman–Crippen LogP) is 2.94. The molecule has 0 unspecified atom stereocenters. The van der Waals surface area contributed by atoms with E-state index in [2.05, 4.69) is 27.4 Å². The van der Waals surface area contributed by atoms with Crippen LogP contribution in [0, 0.1) is 6.92 Å². The highest BCUT2D eigenvalue weighted by atomic mass is 32.2. The molecule has 28 heavy (non-hydrogen) atoms. The van der Waals surface area contributed by atoms with E-state index in [0.29, 0.717) is 17.9 Å². The largest absolute Gasteiger partial charge is 0.462 e. The Bertz CT molecular complexity index is 852. The molecule has 0 spiro atoms. The van der Waals surface area contributed by atoms with Crippen molar-refractivity contribution in [2.45, 2.75) is 44.7 Å². The summed E-state index contributed by atoms with van der Waals surface area (Å²) in [6, 6.07) is 6.51. The Kier molecular flexibility index (Phi) is 8.67. The van der Waals surface area contributed by atoms with Gasteiger partial charge in [-0.05, 0) is 37.6 Å². The highest BCUT2D eigenvalue weighted by molar-refractivity contribution is 7.99. The Hall–Kier alpha value is -2.68. The van der Waals surface area contributed by atoms with Crippen molar-refractivity contribution in [1.82, 2.24) is 15.2 Å². The lowest BCUT2D eigenvalue weighted by Crippen LogP contribution is -2.17. The maximum absolute atomic E-state index is 12.0. The second-order valence-corrected chi connectivity index (χ2v) is 7.12. The quantitative estimate of drug-likeness (QED) is 0.355. The van der Waals surface area contributed by atoms with Crippen molar-refractivity contribution >= 4 is 29.3 Å².